The Labute approximate surface area is 166 Å². The van der Waals surface area contributed by atoms with E-state index in [1.54, 1.807) is 17.2 Å². The molecule has 1 aliphatic heterocycles. The Bertz CT molecular complexity index is 830. The fourth-order valence-electron chi connectivity index (χ4n) is 3.76. The molecule has 1 saturated heterocycles. The lowest BCUT2D eigenvalue weighted by atomic mass is 9.89. The van der Waals surface area contributed by atoms with Crippen LogP contribution in [0.5, 0.6) is 0 Å². The third-order valence-electron chi connectivity index (χ3n) is 5.25. The molecular formula is C23H28N2O3. The topological polar surface area (TPSA) is 70.5 Å². The molecule has 148 valence electrons. The zero-order valence-corrected chi connectivity index (χ0v) is 16.6. The molecule has 1 unspecified atom stereocenters. The van der Waals surface area contributed by atoms with Gasteiger partial charge in [0.25, 0.3) is 5.91 Å². The van der Waals surface area contributed by atoms with Crippen molar-refractivity contribution in [3.63, 3.8) is 0 Å². The van der Waals surface area contributed by atoms with Crippen LogP contribution in [0.2, 0.25) is 0 Å². The van der Waals surface area contributed by atoms with E-state index in [0.29, 0.717) is 31.0 Å². The van der Waals surface area contributed by atoms with E-state index in [-0.39, 0.29) is 24.2 Å². The number of rotatable bonds is 6. The molecule has 2 heterocycles. The van der Waals surface area contributed by atoms with Crippen LogP contribution in [-0.4, -0.2) is 39.8 Å². The standard InChI is InChI=1S/C23H28N2O3/c1-16(2)12-22(27)18-7-5-11-25(14-18)23(28)17-9-10-21(24-13-17)20-8-4-3-6-19(20)15-26/h3-4,6,8-10,13,16,18,26H,5,7,11-12,14-15H2,1-2H3. The predicted molar refractivity (Wildman–Crippen MR) is 109 cm³/mol. The molecule has 0 saturated carbocycles. The molecule has 5 heteroatoms. The number of ketones is 1. The van der Waals surface area contributed by atoms with Gasteiger partial charge in [0.1, 0.15) is 5.78 Å². The van der Waals surface area contributed by atoms with E-state index < -0.39 is 0 Å². The van der Waals surface area contributed by atoms with Crippen LogP contribution in [0.4, 0.5) is 0 Å². The number of aliphatic hydroxyl groups excluding tert-OH is 1. The van der Waals surface area contributed by atoms with E-state index >= 15 is 0 Å². The van der Waals surface area contributed by atoms with Crippen LogP contribution in [0.15, 0.2) is 42.6 Å². The number of Topliss-reactive ketones (excluding diaryl/α,β-unsaturated/α-hetero) is 1. The summed E-state index contributed by atoms with van der Waals surface area (Å²) in [5.74, 6) is 0.485. The molecule has 0 spiro atoms. The molecule has 0 aliphatic carbocycles. The van der Waals surface area contributed by atoms with Crippen molar-refractivity contribution in [2.45, 2.75) is 39.7 Å². The molecule has 1 aromatic carbocycles. The molecule has 1 atom stereocenters. The normalized spacial score (nSPS) is 17.0. The number of hydrogen-bond donors (Lipinski definition) is 1. The summed E-state index contributed by atoms with van der Waals surface area (Å²) in [5.41, 5.74) is 2.92. The minimum Gasteiger partial charge on any atom is -0.392 e. The molecule has 0 bridgehead atoms. The van der Waals surface area contributed by atoms with Crippen LogP contribution >= 0.6 is 0 Å². The van der Waals surface area contributed by atoms with Gasteiger partial charge in [0, 0.05) is 37.2 Å². The zero-order chi connectivity index (χ0) is 20.1. The van der Waals surface area contributed by atoms with Gasteiger partial charge in [-0.2, -0.15) is 0 Å². The second-order valence-corrected chi connectivity index (χ2v) is 7.90. The fraction of sp³-hybridized carbons (Fsp3) is 0.435. The molecular weight excluding hydrogens is 352 g/mol. The van der Waals surface area contributed by atoms with Crippen LogP contribution < -0.4 is 0 Å². The maximum Gasteiger partial charge on any atom is 0.255 e. The number of pyridine rings is 1. The average molecular weight is 380 g/mol. The maximum atomic E-state index is 12.9. The first-order valence-electron chi connectivity index (χ1n) is 9.96. The van der Waals surface area contributed by atoms with Crippen LogP contribution in [0.3, 0.4) is 0 Å². The highest BCUT2D eigenvalue weighted by Gasteiger charge is 2.29. The Morgan fingerprint density at radius 1 is 1.21 bits per heavy atom. The smallest absolute Gasteiger partial charge is 0.255 e. The summed E-state index contributed by atoms with van der Waals surface area (Å²) in [6.07, 6.45) is 3.89. The zero-order valence-electron chi connectivity index (χ0n) is 16.6. The van der Waals surface area contributed by atoms with Gasteiger partial charge in [-0.05, 0) is 36.5 Å². The Morgan fingerprint density at radius 3 is 2.68 bits per heavy atom. The highest BCUT2D eigenvalue weighted by atomic mass is 16.3. The summed E-state index contributed by atoms with van der Waals surface area (Å²) < 4.78 is 0. The van der Waals surface area contributed by atoms with Gasteiger partial charge in [-0.3, -0.25) is 14.6 Å². The molecule has 1 amide bonds. The monoisotopic (exact) mass is 380 g/mol. The first-order valence-corrected chi connectivity index (χ1v) is 9.96. The van der Waals surface area contributed by atoms with Gasteiger partial charge in [-0.25, -0.2) is 0 Å². The van der Waals surface area contributed by atoms with Crippen LogP contribution in [0.25, 0.3) is 11.3 Å². The number of likely N-dealkylation sites (tertiary alicyclic amines) is 1. The lowest BCUT2D eigenvalue weighted by Crippen LogP contribution is -2.42. The summed E-state index contributed by atoms with van der Waals surface area (Å²) in [6, 6.07) is 11.1. The Hall–Kier alpha value is -2.53. The maximum absolute atomic E-state index is 12.9. The van der Waals surface area contributed by atoms with Gasteiger partial charge in [0.05, 0.1) is 17.9 Å². The lowest BCUT2D eigenvalue weighted by Gasteiger charge is -2.32. The number of hydrogen-bond acceptors (Lipinski definition) is 4. The Morgan fingerprint density at radius 2 is 2.00 bits per heavy atom. The van der Waals surface area contributed by atoms with Crippen molar-refractivity contribution >= 4 is 11.7 Å². The number of nitrogens with zero attached hydrogens (tertiary/aromatic N) is 2. The van der Waals surface area contributed by atoms with Gasteiger partial charge >= 0.3 is 0 Å². The number of aromatic nitrogens is 1. The summed E-state index contributed by atoms with van der Waals surface area (Å²) >= 11 is 0. The second kappa shape index (κ2) is 9.11. The van der Waals surface area contributed by atoms with E-state index in [1.165, 1.54) is 0 Å². The van der Waals surface area contributed by atoms with Crippen LogP contribution in [0.1, 0.15) is 49.0 Å². The van der Waals surface area contributed by atoms with Gasteiger partial charge < -0.3 is 10.0 Å². The van der Waals surface area contributed by atoms with Crippen molar-refractivity contribution in [3.05, 3.63) is 53.7 Å². The van der Waals surface area contributed by atoms with Gasteiger partial charge in [0.15, 0.2) is 0 Å². The lowest BCUT2D eigenvalue weighted by molar-refractivity contribution is -0.124. The molecule has 3 rings (SSSR count). The number of benzene rings is 1. The third kappa shape index (κ3) is 4.65. The number of piperidine rings is 1. The van der Waals surface area contributed by atoms with Crippen molar-refractivity contribution < 1.29 is 14.7 Å². The largest absolute Gasteiger partial charge is 0.392 e. The van der Waals surface area contributed by atoms with Crippen LogP contribution in [0, 0.1) is 11.8 Å². The summed E-state index contributed by atoms with van der Waals surface area (Å²) in [4.78, 5) is 31.5. The molecule has 1 aromatic heterocycles. The molecule has 1 fully saturated rings. The molecule has 0 radical (unpaired) electrons. The molecule has 1 N–H and O–H groups in total. The fourth-order valence-corrected chi connectivity index (χ4v) is 3.76. The first-order chi connectivity index (χ1) is 13.5. The highest BCUT2D eigenvalue weighted by Crippen LogP contribution is 2.24. The first kappa shape index (κ1) is 20.2. The number of carbonyl (C=O) groups is 2. The summed E-state index contributed by atoms with van der Waals surface area (Å²) in [7, 11) is 0. The molecule has 2 aromatic rings. The van der Waals surface area contributed by atoms with E-state index in [2.05, 4.69) is 4.98 Å². The van der Waals surface area contributed by atoms with Crippen molar-refractivity contribution in [3.8, 4) is 11.3 Å². The van der Waals surface area contributed by atoms with Gasteiger partial charge in [-0.1, -0.05) is 38.1 Å². The second-order valence-electron chi connectivity index (χ2n) is 7.90. The molecule has 5 nitrogen and oxygen atoms in total. The number of aliphatic hydroxyl groups is 1. The van der Waals surface area contributed by atoms with Crippen molar-refractivity contribution in [2.24, 2.45) is 11.8 Å². The minimum absolute atomic E-state index is 0.0521. The van der Waals surface area contributed by atoms with E-state index in [0.717, 1.165) is 29.7 Å². The van der Waals surface area contributed by atoms with Crippen molar-refractivity contribution in [2.75, 3.05) is 13.1 Å². The SMILES string of the molecule is CC(C)CC(=O)C1CCCN(C(=O)c2ccc(-c3ccccc3CO)nc2)C1. The van der Waals surface area contributed by atoms with Crippen molar-refractivity contribution in [1.29, 1.82) is 0 Å². The summed E-state index contributed by atoms with van der Waals surface area (Å²) in [6.45, 7) is 5.22. The Kier molecular flexibility index (Phi) is 6.57. The average Bonchev–Trinajstić information content (AvgIpc) is 2.73. The number of carbonyl (C=O) groups excluding carboxylic acids is 2. The predicted octanol–water partition coefficient (Wildman–Crippen LogP) is 3.71. The Balaban J connectivity index is 1.71. The van der Waals surface area contributed by atoms with Crippen LogP contribution in [-0.2, 0) is 11.4 Å². The van der Waals surface area contributed by atoms with Gasteiger partial charge in [-0.15, -0.1) is 0 Å². The van der Waals surface area contributed by atoms with Crippen molar-refractivity contribution in [1.82, 2.24) is 9.88 Å². The molecule has 1 aliphatic rings. The van der Waals surface area contributed by atoms with E-state index in [1.807, 2.05) is 44.2 Å². The minimum atomic E-state index is -0.0726. The number of amides is 1. The van der Waals surface area contributed by atoms with E-state index in [4.69, 9.17) is 0 Å². The quantitative estimate of drug-likeness (QED) is 0.829. The third-order valence-corrected chi connectivity index (χ3v) is 5.25. The summed E-state index contributed by atoms with van der Waals surface area (Å²) in [5, 5.41) is 9.50. The molecule has 28 heavy (non-hydrogen) atoms. The van der Waals surface area contributed by atoms with Gasteiger partial charge in [0.2, 0.25) is 0 Å². The van der Waals surface area contributed by atoms with E-state index in [9.17, 15) is 14.7 Å². The highest BCUT2D eigenvalue weighted by molar-refractivity contribution is 5.94.